The second-order valence-electron chi connectivity index (χ2n) is 6.92. The molecule has 0 fully saturated rings. The number of rotatable bonds is 10. The van der Waals surface area contributed by atoms with E-state index in [9.17, 15) is 9.59 Å². The van der Waals surface area contributed by atoms with E-state index in [0.717, 1.165) is 23.9 Å². The summed E-state index contributed by atoms with van der Waals surface area (Å²) in [5.74, 6) is -0.667. The first-order valence-corrected chi connectivity index (χ1v) is 9.09. The lowest BCUT2D eigenvalue weighted by Crippen LogP contribution is -2.28. The molecule has 0 unspecified atom stereocenters. The number of aliphatic carboxylic acids is 1. The Morgan fingerprint density at radius 1 is 1.23 bits per heavy atom. The Bertz CT molecular complexity index is 751. The summed E-state index contributed by atoms with van der Waals surface area (Å²) in [6.07, 6.45) is 4.27. The molecule has 26 heavy (non-hydrogen) atoms. The molecule has 142 valence electrons. The Hall–Kier alpha value is -2.34. The summed E-state index contributed by atoms with van der Waals surface area (Å²) < 4.78 is 5.35. The third-order valence-corrected chi connectivity index (χ3v) is 4.61. The number of H-pyrrole nitrogens is 1. The number of nitrogens with zero attached hydrogens (tertiary/aromatic N) is 1. The summed E-state index contributed by atoms with van der Waals surface area (Å²) >= 11 is 0. The Balaban J connectivity index is 1.91. The molecule has 0 aliphatic carbocycles. The van der Waals surface area contributed by atoms with Crippen LogP contribution in [0, 0.1) is 0 Å². The molecular formula is C20H28N2O4. The summed E-state index contributed by atoms with van der Waals surface area (Å²) in [6.45, 7) is 5.34. The molecule has 1 aromatic heterocycles. The summed E-state index contributed by atoms with van der Waals surface area (Å²) in [5, 5.41) is 9.73. The van der Waals surface area contributed by atoms with Crippen LogP contribution < -0.4 is 4.74 Å². The molecule has 0 bridgehead atoms. The van der Waals surface area contributed by atoms with E-state index in [1.54, 1.807) is 6.07 Å². The van der Waals surface area contributed by atoms with E-state index in [0.29, 0.717) is 24.6 Å². The first-order valence-electron chi connectivity index (χ1n) is 9.09. The number of esters is 1. The van der Waals surface area contributed by atoms with Gasteiger partial charge in [0.1, 0.15) is 5.75 Å². The largest absolute Gasteiger partial charge is 0.481 e. The van der Waals surface area contributed by atoms with Crippen LogP contribution in [0.5, 0.6) is 5.75 Å². The molecule has 0 saturated heterocycles. The minimum atomic E-state index is -0.842. The molecule has 0 aliphatic heterocycles. The van der Waals surface area contributed by atoms with Gasteiger partial charge in [-0.1, -0.05) is 0 Å². The van der Waals surface area contributed by atoms with Gasteiger partial charge >= 0.3 is 11.9 Å². The van der Waals surface area contributed by atoms with E-state index in [2.05, 4.69) is 30.8 Å². The Labute approximate surface area is 154 Å². The topological polar surface area (TPSA) is 82.6 Å². The van der Waals surface area contributed by atoms with Crippen molar-refractivity contribution in [2.75, 3.05) is 13.6 Å². The smallest absolute Gasteiger partial charge is 0.311 e. The number of carbonyl (C=O) groups is 2. The molecule has 0 aliphatic rings. The van der Waals surface area contributed by atoms with Crippen molar-refractivity contribution in [3.63, 3.8) is 0 Å². The van der Waals surface area contributed by atoms with Crippen molar-refractivity contribution in [3.8, 4) is 5.75 Å². The molecule has 2 N–H and O–H groups in total. The van der Waals surface area contributed by atoms with Crippen molar-refractivity contribution in [2.45, 2.75) is 52.0 Å². The van der Waals surface area contributed by atoms with Crippen LogP contribution in [0.2, 0.25) is 0 Å². The summed E-state index contributed by atoms with van der Waals surface area (Å²) in [5.41, 5.74) is 2.20. The summed E-state index contributed by atoms with van der Waals surface area (Å²) in [6, 6.07) is 6.13. The lowest BCUT2D eigenvalue weighted by molar-refractivity contribution is -0.138. The van der Waals surface area contributed by atoms with Gasteiger partial charge in [-0.15, -0.1) is 0 Å². The van der Waals surface area contributed by atoms with E-state index in [1.165, 1.54) is 5.56 Å². The lowest BCUT2D eigenvalue weighted by atomic mass is 10.1. The van der Waals surface area contributed by atoms with E-state index < -0.39 is 5.97 Å². The van der Waals surface area contributed by atoms with Crippen molar-refractivity contribution >= 4 is 22.8 Å². The fraction of sp³-hybridized carbons (Fsp3) is 0.500. The van der Waals surface area contributed by atoms with E-state index in [4.69, 9.17) is 9.84 Å². The van der Waals surface area contributed by atoms with E-state index in [-0.39, 0.29) is 18.8 Å². The van der Waals surface area contributed by atoms with Crippen LogP contribution in [0.15, 0.2) is 24.4 Å². The predicted octanol–water partition coefficient (Wildman–Crippen LogP) is 3.60. The number of fused-ring (bicyclic) bond motifs is 1. The number of carbonyl (C=O) groups excluding carboxylic acids is 1. The maximum atomic E-state index is 11.9. The molecule has 6 nitrogen and oxygen atoms in total. The predicted molar refractivity (Wildman–Crippen MR) is 102 cm³/mol. The zero-order valence-electron chi connectivity index (χ0n) is 15.7. The number of carboxylic acid groups (broad SMARTS) is 1. The second-order valence-corrected chi connectivity index (χ2v) is 6.92. The normalized spacial score (nSPS) is 11.4. The van der Waals surface area contributed by atoms with Crippen LogP contribution in [-0.4, -0.2) is 46.6 Å². The molecule has 0 saturated carbocycles. The van der Waals surface area contributed by atoms with Gasteiger partial charge in [0, 0.05) is 48.6 Å². The number of likely N-dealkylation sites (N-methyl/N-ethyl adjacent to an activating group) is 1. The number of ether oxygens (including phenoxy) is 1. The fourth-order valence-corrected chi connectivity index (χ4v) is 2.72. The number of hydrogen-bond donors (Lipinski definition) is 2. The van der Waals surface area contributed by atoms with Crippen LogP contribution in [0.1, 0.15) is 45.1 Å². The third-order valence-electron chi connectivity index (χ3n) is 4.61. The highest BCUT2D eigenvalue weighted by atomic mass is 16.5. The maximum absolute atomic E-state index is 11.9. The quantitative estimate of drug-likeness (QED) is 0.384. The molecule has 2 rings (SSSR count). The monoisotopic (exact) mass is 360 g/mol. The van der Waals surface area contributed by atoms with Gasteiger partial charge < -0.3 is 19.7 Å². The first-order chi connectivity index (χ1) is 12.4. The van der Waals surface area contributed by atoms with Gasteiger partial charge in [-0.2, -0.15) is 0 Å². The highest BCUT2D eigenvalue weighted by Crippen LogP contribution is 2.24. The number of carboxylic acids is 1. The summed E-state index contributed by atoms with van der Waals surface area (Å²) in [7, 11) is 2.12. The number of unbranched alkanes of at least 4 members (excludes halogenated alkanes) is 1. The van der Waals surface area contributed by atoms with Gasteiger partial charge in [-0.05, 0) is 57.9 Å². The van der Waals surface area contributed by atoms with Crippen molar-refractivity contribution in [3.05, 3.63) is 30.0 Å². The molecule has 0 radical (unpaired) electrons. The van der Waals surface area contributed by atoms with Crippen molar-refractivity contribution < 1.29 is 19.4 Å². The van der Waals surface area contributed by atoms with Crippen LogP contribution in [0.3, 0.4) is 0 Å². The van der Waals surface area contributed by atoms with Gasteiger partial charge in [-0.3, -0.25) is 9.59 Å². The van der Waals surface area contributed by atoms with Crippen LogP contribution in [0.25, 0.3) is 10.9 Å². The Morgan fingerprint density at radius 2 is 1.96 bits per heavy atom. The number of hydrogen-bond acceptors (Lipinski definition) is 4. The average Bonchev–Trinajstić information content (AvgIpc) is 2.98. The SMILES string of the molecule is CC(C)N(C)CCc1c[nH]c2cc(OC(=O)CCCCC(=O)O)ccc12. The number of benzene rings is 1. The highest BCUT2D eigenvalue weighted by Gasteiger charge is 2.10. The molecule has 0 atom stereocenters. The maximum Gasteiger partial charge on any atom is 0.311 e. The van der Waals surface area contributed by atoms with E-state index >= 15 is 0 Å². The molecule has 0 amide bonds. The highest BCUT2D eigenvalue weighted by molar-refractivity contribution is 5.85. The molecule has 1 heterocycles. The zero-order chi connectivity index (χ0) is 19.1. The van der Waals surface area contributed by atoms with Gasteiger partial charge in [-0.25, -0.2) is 0 Å². The van der Waals surface area contributed by atoms with Gasteiger partial charge in [0.25, 0.3) is 0 Å². The fourth-order valence-electron chi connectivity index (χ4n) is 2.72. The zero-order valence-corrected chi connectivity index (χ0v) is 15.7. The minimum absolute atomic E-state index is 0.0799. The van der Waals surface area contributed by atoms with Crippen LogP contribution in [0.4, 0.5) is 0 Å². The van der Waals surface area contributed by atoms with Crippen molar-refractivity contribution in [1.82, 2.24) is 9.88 Å². The number of aromatic amines is 1. The molecule has 6 heteroatoms. The Morgan fingerprint density at radius 3 is 2.65 bits per heavy atom. The average molecular weight is 360 g/mol. The summed E-state index contributed by atoms with van der Waals surface area (Å²) in [4.78, 5) is 27.9. The molecule has 0 spiro atoms. The minimum Gasteiger partial charge on any atom is -0.481 e. The van der Waals surface area contributed by atoms with E-state index in [1.807, 2.05) is 18.3 Å². The number of nitrogens with one attached hydrogen (secondary N) is 1. The molecule has 1 aromatic carbocycles. The Kier molecular flexibility index (Phi) is 7.21. The molecular weight excluding hydrogens is 332 g/mol. The number of aromatic nitrogens is 1. The second kappa shape index (κ2) is 9.38. The van der Waals surface area contributed by atoms with Crippen molar-refractivity contribution in [1.29, 1.82) is 0 Å². The lowest BCUT2D eigenvalue weighted by Gasteiger charge is -2.20. The standard InChI is InChI=1S/C20H28N2O4/c1-14(2)22(3)11-10-15-13-21-18-12-16(8-9-17(15)18)26-20(25)7-5-4-6-19(23)24/h8-9,12-14,21H,4-7,10-11H2,1-3H3,(H,23,24). The van der Waals surface area contributed by atoms with Crippen LogP contribution >= 0.6 is 0 Å². The third kappa shape index (κ3) is 5.88. The van der Waals surface area contributed by atoms with Gasteiger partial charge in [0.15, 0.2) is 0 Å². The van der Waals surface area contributed by atoms with Crippen LogP contribution in [-0.2, 0) is 16.0 Å². The van der Waals surface area contributed by atoms with Gasteiger partial charge in [0.2, 0.25) is 0 Å². The molecule has 2 aromatic rings. The first kappa shape index (κ1) is 20.0. The van der Waals surface area contributed by atoms with Crippen molar-refractivity contribution in [2.24, 2.45) is 0 Å². The van der Waals surface area contributed by atoms with Gasteiger partial charge in [0.05, 0.1) is 0 Å².